The summed E-state index contributed by atoms with van der Waals surface area (Å²) in [5.74, 6) is 0.0479. The van der Waals surface area contributed by atoms with Crippen molar-refractivity contribution in [2.45, 2.75) is 87.5 Å². The number of methoxy groups -OCH3 is 1. The van der Waals surface area contributed by atoms with Crippen molar-refractivity contribution in [2.75, 3.05) is 44.9 Å². The van der Waals surface area contributed by atoms with Crippen molar-refractivity contribution in [1.29, 1.82) is 0 Å². The minimum atomic E-state index is -4.18. The van der Waals surface area contributed by atoms with Gasteiger partial charge < -0.3 is 19.1 Å². The lowest BCUT2D eigenvalue weighted by Crippen LogP contribution is -2.49. The van der Waals surface area contributed by atoms with Gasteiger partial charge in [-0.05, 0) is 104 Å². The van der Waals surface area contributed by atoms with Crippen LogP contribution in [0.15, 0.2) is 53.4 Å². The third-order valence-electron chi connectivity index (χ3n) is 11.3. The average Bonchev–Trinajstić information content (AvgIpc) is 3.18. The molecule has 1 amide bonds. The number of rotatable bonds is 6. The minimum Gasteiger partial charge on any atom is -0.490 e. The van der Waals surface area contributed by atoms with Crippen molar-refractivity contribution < 1.29 is 27.4 Å². The van der Waals surface area contributed by atoms with Crippen LogP contribution in [-0.2, 0) is 36.1 Å². The van der Waals surface area contributed by atoms with Crippen molar-refractivity contribution >= 4 is 41.3 Å². The number of fused-ring (bicyclic) bond motifs is 4. The topological polar surface area (TPSA) is 94.2 Å². The van der Waals surface area contributed by atoms with E-state index >= 15 is 0 Å². The summed E-state index contributed by atoms with van der Waals surface area (Å²) in [7, 11) is -3.73. The maximum absolute atomic E-state index is 13.9. The van der Waals surface area contributed by atoms with Gasteiger partial charge in [-0.15, -0.1) is 0 Å². The highest BCUT2D eigenvalue weighted by atomic mass is 35.5. The molecular formula is C38H53ClN2O6SSi. The summed E-state index contributed by atoms with van der Waals surface area (Å²) in [6.45, 7) is 11.5. The van der Waals surface area contributed by atoms with Gasteiger partial charge in [0.1, 0.15) is 5.75 Å². The van der Waals surface area contributed by atoms with E-state index in [0.717, 1.165) is 55.4 Å². The fourth-order valence-electron chi connectivity index (χ4n) is 8.14. The van der Waals surface area contributed by atoms with E-state index in [1.807, 2.05) is 13.0 Å². The number of carbonyl (C=O) groups is 1. The monoisotopic (exact) mass is 728 g/mol. The molecular weight excluding hydrogens is 676 g/mol. The Balaban J connectivity index is 1.37. The zero-order chi connectivity index (χ0) is 35.0. The molecule has 2 aliphatic heterocycles. The van der Waals surface area contributed by atoms with Gasteiger partial charge in [-0.1, -0.05) is 56.4 Å². The highest BCUT2D eigenvalue weighted by molar-refractivity contribution is 7.90. The molecule has 11 heteroatoms. The number of anilines is 1. The van der Waals surface area contributed by atoms with Crippen LogP contribution >= 0.6 is 11.6 Å². The summed E-state index contributed by atoms with van der Waals surface area (Å²) in [4.78, 5) is 16.2. The summed E-state index contributed by atoms with van der Waals surface area (Å²) >= 11 is 6.44. The fraction of sp³-hybridized carbons (Fsp3) is 0.605. The average molecular weight is 729 g/mol. The predicted molar refractivity (Wildman–Crippen MR) is 198 cm³/mol. The first kappa shape index (κ1) is 36.4. The molecule has 2 aromatic carbocycles. The molecule has 2 heterocycles. The number of carbonyl (C=O) groups excluding carboxylic acids is 1. The van der Waals surface area contributed by atoms with Crippen molar-refractivity contribution in [3.8, 4) is 5.75 Å². The first-order valence-electron chi connectivity index (χ1n) is 17.9. The van der Waals surface area contributed by atoms with Crippen molar-refractivity contribution in [3.63, 3.8) is 0 Å². The molecule has 0 unspecified atom stereocenters. The molecule has 2 aliphatic carbocycles. The Kier molecular flexibility index (Phi) is 10.9. The van der Waals surface area contributed by atoms with Crippen LogP contribution in [0.5, 0.6) is 5.75 Å². The molecule has 0 radical (unpaired) electrons. The van der Waals surface area contributed by atoms with Gasteiger partial charge in [0.2, 0.25) is 5.91 Å². The van der Waals surface area contributed by atoms with Gasteiger partial charge in [0, 0.05) is 45.3 Å². The van der Waals surface area contributed by atoms with Gasteiger partial charge in [0.25, 0.3) is 10.0 Å². The summed E-state index contributed by atoms with van der Waals surface area (Å²) in [6.07, 6.45) is 9.93. The number of halogens is 1. The number of hydrogen-bond donors (Lipinski definition) is 1. The van der Waals surface area contributed by atoms with Gasteiger partial charge in [0.05, 0.1) is 35.8 Å². The number of nitrogens with zero attached hydrogens (tertiary/aromatic N) is 1. The van der Waals surface area contributed by atoms with Crippen molar-refractivity contribution in [2.24, 2.45) is 23.7 Å². The van der Waals surface area contributed by atoms with Crippen LogP contribution in [0.4, 0.5) is 5.69 Å². The molecule has 1 N–H and O–H groups in total. The third kappa shape index (κ3) is 8.09. The van der Waals surface area contributed by atoms with Crippen molar-refractivity contribution in [3.05, 3.63) is 64.7 Å². The lowest BCUT2D eigenvalue weighted by Gasteiger charge is -2.46. The van der Waals surface area contributed by atoms with Gasteiger partial charge in [-0.25, -0.2) is 13.1 Å². The molecule has 2 aromatic rings. The smallest absolute Gasteiger partial charge is 0.264 e. The van der Waals surface area contributed by atoms with E-state index in [2.05, 4.69) is 53.5 Å². The summed E-state index contributed by atoms with van der Waals surface area (Å²) < 4.78 is 49.0. The molecule has 1 saturated carbocycles. The Bertz CT molecular complexity index is 1660. The molecule has 49 heavy (non-hydrogen) atoms. The largest absolute Gasteiger partial charge is 0.490 e. The zero-order valence-electron chi connectivity index (χ0n) is 29.7. The number of benzene rings is 2. The minimum absolute atomic E-state index is 0.0416. The lowest BCUT2D eigenvalue weighted by atomic mass is 9.68. The van der Waals surface area contributed by atoms with Crippen LogP contribution in [0, 0.1) is 23.7 Å². The van der Waals surface area contributed by atoms with Crippen molar-refractivity contribution in [1.82, 2.24) is 4.72 Å². The quantitative estimate of drug-likeness (QED) is 0.191. The molecule has 268 valence electrons. The molecule has 6 rings (SSSR count). The van der Waals surface area contributed by atoms with E-state index in [-0.39, 0.29) is 28.9 Å². The van der Waals surface area contributed by atoms with Gasteiger partial charge in [-0.2, -0.15) is 0 Å². The number of hydrogen-bond acceptors (Lipinski definition) is 7. The Morgan fingerprint density at radius 3 is 2.69 bits per heavy atom. The Labute approximate surface area is 299 Å². The Morgan fingerprint density at radius 2 is 1.96 bits per heavy atom. The van der Waals surface area contributed by atoms with Crippen LogP contribution in [0.1, 0.15) is 50.2 Å². The van der Waals surface area contributed by atoms with E-state index in [4.69, 9.17) is 25.8 Å². The normalized spacial score (nSPS) is 30.0. The van der Waals surface area contributed by atoms with E-state index in [9.17, 15) is 13.2 Å². The second-order valence-corrected chi connectivity index (χ2v) is 23.8. The molecule has 6 atom stereocenters. The predicted octanol–water partition coefficient (Wildman–Crippen LogP) is 7.23. The van der Waals surface area contributed by atoms with Crippen LogP contribution in [0.3, 0.4) is 0 Å². The highest BCUT2D eigenvalue weighted by Gasteiger charge is 2.44. The Morgan fingerprint density at radius 1 is 1.14 bits per heavy atom. The van der Waals surface area contributed by atoms with Crippen LogP contribution in [0.2, 0.25) is 30.7 Å². The first-order chi connectivity index (χ1) is 23.3. The number of ether oxygens (including phenoxy) is 3. The molecule has 2 bridgehead atoms. The molecule has 0 saturated heterocycles. The molecule has 1 spiro atoms. The molecule has 8 nitrogen and oxygen atoms in total. The van der Waals surface area contributed by atoms with E-state index in [1.54, 1.807) is 25.3 Å². The Hall–Kier alpha value is -2.37. The van der Waals surface area contributed by atoms with E-state index in [0.29, 0.717) is 43.8 Å². The number of allylic oxidation sites excluding steroid dienone is 1. The van der Waals surface area contributed by atoms with E-state index in [1.165, 1.54) is 11.1 Å². The summed E-state index contributed by atoms with van der Waals surface area (Å²) in [5, 5.41) is 0.737. The molecule has 1 fully saturated rings. The fourth-order valence-corrected chi connectivity index (χ4v) is 10.1. The van der Waals surface area contributed by atoms with Gasteiger partial charge >= 0.3 is 0 Å². The number of aryl methyl sites for hydroxylation is 1. The number of nitrogens with one attached hydrogen (secondary N) is 1. The maximum Gasteiger partial charge on any atom is 0.264 e. The lowest BCUT2D eigenvalue weighted by molar-refractivity contribution is -0.126. The first-order valence-corrected chi connectivity index (χ1v) is 23.5. The number of amides is 1. The SMILES string of the molecule is CO[C@@H]1C=CC[C@H](C)[C@@H](COCC[Si](C)(C)C)C(=O)NS(=O)(=O)c2ccc3c(c2)N(C[C@@H]2CC[C@H]21)C[C@@]1(CCCc2cc(Cl)ccc21)CO3. The summed E-state index contributed by atoms with van der Waals surface area (Å²) in [6, 6.07) is 12.2. The second kappa shape index (κ2) is 14.7. The molecule has 0 aromatic heterocycles. The second-order valence-electron chi connectivity index (χ2n) is 16.0. The van der Waals surface area contributed by atoms with Crippen LogP contribution < -0.4 is 14.4 Å². The zero-order valence-corrected chi connectivity index (χ0v) is 32.2. The molecule has 4 aliphatic rings. The summed E-state index contributed by atoms with van der Waals surface area (Å²) in [5.41, 5.74) is 2.99. The standard InChI is InChI=1S/C38H53ClN2O6SSi/c1-26-8-6-10-35(45-2)31-14-11-28(31)22-41-24-38(17-7-9-27-20-29(39)12-15-33(27)38)25-47-36-16-13-30(21-34(36)41)48(43,44)40-37(42)32(26)23-46-18-19-49(3,4)5/h6,10,12-13,15-16,20-21,26,28,31-32,35H,7-9,11,14,17-19,22-25H2,1-5H3,(H,40,42)/t26-,28-,31+,32+,35+,38-/m0/s1. The number of sulfonamides is 1. The third-order valence-corrected chi connectivity index (χ3v) is 14.6. The highest BCUT2D eigenvalue weighted by Crippen LogP contribution is 2.47. The van der Waals surface area contributed by atoms with E-state index < -0.39 is 29.9 Å². The van der Waals surface area contributed by atoms with Crippen LogP contribution in [0.25, 0.3) is 0 Å². The maximum atomic E-state index is 13.9. The van der Waals surface area contributed by atoms with Crippen LogP contribution in [-0.4, -0.2) is 68.5 Å². The van der Waals surface area contributed by atoms with Gasteiger partial charge in [0.15, 0.2) is 0 Å². The van der Waals surface area contributed by atoms with Gasteiger partial charge in [-0.3, -0.25) is 4.79 Å².